The Balaban J connectivity index is 1.91. The average Bonchev–Trinajstić information content (AvgIpc) is 2.46. The Kier molecular flexibility index (Phi) is 5.20. The summed E-state index contributed by atoms with van der Waals surface area (Å²) < 4.78 is 5.52. The fourth-order valence-corrected chi connectivity index (χ4v) is 2.64. The summed E-state index contributed by atoms with van der Waals surface area (Å²) in [7, 11) is 0. The van der Waals surface area contributed by atoms with E-state index in [9.17, 15) is 9.59 Å². The van der Waals surface area contributed by atoms with E-state index >= 15 is 0 Å². The predicted octanol–water partition coefficient (Wildman–Crippen LogP) is 1.63. The van der Waals surface area contributed by atoms with Gasteiger partial charge in [0.2, 0.25) is 5.91 Å². The quantitative estimate of drug-likeness (QED) is 0.895. The van der Waals surface area contributed by atoms with Crippen molar-refractivity contribution in [3.05, 3.63) is 29.8 Å². The molecule has 2 amide bonds. The lowest BCUT2D eigenvalue weighted by Crippen LogP contribution is -2.47. The van der Waals surface area contributed by atoms with Crippen LogP contribution >= 0.6 is 0 Å². The van der Waals surface area contributed by atoms with Crippen molar-refractivity contribution in [3.8, 4) is 5.75 Å². The molecule has 1 fully saturated rings. The highest BCUT2D eigenvalue weighted by molar-refractivity contribution is 5.80. The van der Waals surface area contributed by atoms with E-state index < -0.39 is 0 Å². The van der Waals surface area contributed by atoms with Gasteiger partial charge >= 0.3 is 0 Å². The van der Waals surface area contributed by atoms with Gasteiger partial charge in [0.15, 0.2) is 6.61 Å². The van der Waals surface area contributed by atoms with Gasteiger partial charge < -0.3 is 15.4 Å². The molecule has 0 radical (unpaired) electrons. The second-order valence-corrected chi connectivity index (χ2v) is 5.51. The second kappa shape index (κ2) is 7.11. The Labute approximate surface area is 125 Å². The lowest BCUT2D eigenvalue weighted by Gasteiger charge is -2.35. The van der Waals surface area contributed by atoms with Crippen LogP contribution in [0.5, 0.6) is 5.75 Å². The predicted molar refractivity (Wildman–Crippen MR) is 79.8 cm³/mol. The molecule has 1 aromatic rings. The first-order valence-electron chi connectivity index (χ1n) is 7.33. The SMILES string of the molecule is Cc1ccc(OCC(=O)N2CCCC[C@@H]2CC(N)=O)cc1. The molecular weight excluding hydrogens is 268 g/mol. The van der Waals surface area contributed by atoms with Gasteiger partial charge in [0.1, 0.15) is 5.75 Å². The first-order chi connectivity index (χ1) is 10.1. The summed E-state index contributed by atoms with van der Waals surface area (Å²) in [6, 6.07) is 7.50. The highest BCUT2D eigenvalue weighted by Crippen LogP contribution is 2.20. The monoisotopic (exact) mass is 290 g/mol. The Morgan fingerprint density at radius 3 is 2.67 bits per heavy atom. The van der Waals surface area contributed by atoms with Gasteiger partial charge in [0.25, 0.3) is 5.91 Å². The molecule has 0 bridgehead atoms. The molecule has 0 spiro atoms. The molecule has 21 heavy (non-hydrogen) atoms. The number of likely N-dealkylation sites (tertiary alicyclic amines) is 1. The minimum absolute atomic E-state index is 0.00166. The van der Waals surface area contributed by atoms with Gasteiger partial charge in [-0.15, -0.1) is 0 Å². The second-order valence-electron chi connectivity index (χ2n) is 5.51. The van der Waals surface area contributed by atoms with Gasteiger partial charge in [0.05, 0.1) is 0 Å². The number of nitrogens with zero attached hydrogens (tertiary/aromatic N) is 1. The van der Waals surface area contributed by atoms with Gasteiger partial charge in [-0.3, -0.25) is 9.59 Å². The summed E-state index contributed by atoms with van der Waals surface area (Å²) in [5.41, 5.74) is 6.40. The number of hydrogen-bond acceptors (Lipinski definition) is 3. The third-order valence-corrected chi connectivity index (χ3v) is 3.77. The van der Waals surface area contributed by atoms with Crippen molar-refractivity contribution in [1.29, 1.82) is 0 Å². The Morgan fingerprint density at radius 1 is 1.29 bits per heavy atom. The van der Waals surface area contributed by atoms with Crippen molar-refractivity contribution in [2.75, 3.05) is 13.2 Å². The maximum atomic E-state index is 12.3. The first kappa shape index (κ1) is 15.4. The standard InChI is InChI=1S/C16H22N2O3/c1-12-5-7-14(8-6-12)21-11-16(20)18-9-3-2-4-13(18)10-15(17)19/h5-8,13H,2-4,9-11H2,1H3,(H2,17,19)/t13-/m1/s1. The fourth-order valence-electron chi connectivity index (χ4n) is 2.64. The van der Waals surface area contributed by atoms with E-state index in [1.165, 1.54) is 0 Å². The number of piperidine rings is 1. The van der Waals surface area contributed by atoms with Crippen LogP contribution < -0.4 is 10.5 Å². The lowest BCUT2D eigenvalue weighted by molar-refractivity contribution is -0.138. The van der Waals surface area contributed by atoms with Crippen molar-refractivity contribution >= 4 is 11.8 Å². The third-order valence-electron chi connectivity index (χ3n) is 3.77. The highest BCUT2D eigenvalue weighted by atomic mass is 16.5. The number of nitrogens with two attached hydrogens (primary N) is 1. The van der Waals surface area contributed by atoms with E-state index in [1.54, 1.807) is 4.90 Å². The normalized spacial score (nSPS) is 18.3. The molecule has 2 N–H and O–H groups in total. The zero-order valence-corrected chi connectivity index (χ0v) is 12.4. The highest BCUT2D eigenvalue weighted by Gasteiger charge is 2.27. The number of aryl methyl sites for hydroxylation is 1. The molecule has 114 valence electrons. The maximum absolute atomic E-state index is 12.3. The Hall–Kier alpha value is -2.04. The van der Waals surface area contributed by atoms with Crippen molar-refractivity contribution in [2.24, 2.45) is 5.73 Å². The minimum Gasteiger partial charge on any atom is -0.484 e. The molecule has 0 unspecified atom stereocenters. The molecule has 1 atom stereocenters. The molecular formula is C16H22N2O3. The summed E-state index contributed by atoms with van der Waals surface area (Å²) in [6.07, 6.45) is 3.06. The lowest BCUT2D eigenvalue weighted by atomic mass is 9.99. The molecule has 1 aromatic carbocycles. The van der Waals surface area contributed by atoms with Crippen LogP contribution in [0.4, 0.5) is 0 Å². The van der Waals surface area contributed by atoms with E-state index in [-0.39, 0.29) is 30.9 Å². The minimum atomic E-state index is -0.362. The third kappa shape index (κ3) is 4.48. The average molecular weight is 290 g/mol. The maximum Gasteiger partial charge on any atom is 0.260 e. The molecule has 0 saturated carbocycles. The number of hydrogen-bond donors (Lipinski definition) is 1. The number of ether oxygens (including phenoxy) is 1. The van der Waals surface area contributed by atoms with Crippen LogP contribution in [0.15, 0.2) is 24.3 Å². The number of primary amides is 1. The first-order valence-corrected chi connectivity index (χ1v) is 7.33. The smallest absolute Gasteiger partial charge is 0.260 e. The van der Waals surface area contributed by atoms with E-state index in [0.29, 0.717) is 12.3 Å². The summed E-state index contributed by atoms with van der Waals surface area (Å²) in [5.74, 6) is 0.234. The molecule has 0 aliphatic carbocycles. The van der Waals surface area contributed by atoms with Crippen LogP contribution in [-0.4, -0.2) is 35.9 Å². The summed E-state index contributed by atoms with van der Waals surface area (Å²) in [5, 5.41) is 0. The van der Waals surface area contributed by atoms with Gasteiger partial charge in [-0.1, -0.05) is 17.7 Å². The van der Waals surface area contributed by atoms with Crippen LogP contribution in [0.25, 0.3) is 0 Å². The summed E-state index contributed by atoms with van der Waals surface area (Å²) in [4.78, 5) is 25.1. The van der Waals surface area contributed by atoms with Gasteiger partial charge in [-0.2, -0.15) is 0 Å². The van der Waals surface area contributed by atoms with E-state index in [1.807, 2.05) is 31.2 Å². The number of rotatable bonds is 5. The zero-order valence-electron chi connectivity index (χ0n) is 12.4. The number of benzene rings is 1. The molecule has 0 aromatic heterocycles. The van der Waals surface area contributed by atoms with Crippen molar-refractivity contribution in [3.63, 3.8) is 0 Å². The molecule has 1 aliphatic rings. The van der Waals surface area contributed by atoms with Crippen LogP contribution in [0.2, 0.25) is 0 Å². The van der Waals surface area contributed by atoms with Crippen LogP contribution in [0, 0.1) is 6.92 Å². The van der Waals surface area contributed by atoms with Gasteiger partial charge in [0, 0.05) is 19.0 Å². The van der Waals surface area contributed by atoms with Crippen molar-refractivity contribution < 1.29 is 14.3 Å². The largest absolute Gasteiger partial charge is 0.484 e. The molecule has 5 nitrogen and oxygen atoms in total. The van der Waals surface area contributed by atoms with E-state index in [0.717, 1.165) is 24.8 Å². The number of amides is 2. The molecule has 2 rings (SSSR count). The molecule has 1 aliphatic heterocycles. The van der Waals surface area contributed by atoms with Crippen molar-refractivity contribution in [2.45, 2.75) is 38.6 Å². The summed E-state index contributed by atoms with van der Waals surface area (Å²) >= 11 is 0. The molecule has 5 heteroatoms. The Bertz CT molecular complexity index is 499. The van der Waals surface area contributed by atoms with E-state index in [4.69, 9.17) is 10.5 Å². The summed E-state index contributed by atoms with van der Waals surface area (Å²) in [6.45, 7) is 2.67. The number of carbonyl (C=O) groups excluding carboxylic acids is 2. The zero-order chi connectivity index (χ0) is 15.2. The van der Waals surface area contributed by atoms with Gasteiger partial charge in [-0.05, 0) is 38.3 Å². The fraction of sp³-hybridized carbons (Fsp3) is 0.500. The topological polar surface area (TPSA) is 72.6 Å². The van der Waals surface area contributed by atoms with Crippen LogP contribution in [0.1, 0.15) is 31.2 Å². The van der Waals surface area contributed by atoms with E-state index in [2.05, 4.69) is 0 Å². The molecule has 1 saturated heterocycles. The van der Waals surface area contributed by atoms with Crippen molar-refractivity contribution in [1.82, 2.24) is 4.90 Å². The number of carbonyl (C=O) groups is 2. The van der Waals surface area contributed by atoms with Gasteiger partial charge in [-0.25, -0.2) is 0 Å². The van der Waals surface area contributed by atoms with Crippen LogP contribution in [-0.2, 0) is 9.59 Å². The van der Waals surface area contributed by atoms with Crippen LogP contribution in [0.3, 0.4) is 0 Å². The Morgan fingerprint density at radius 2 is 2.00 bits per heavy atom. The molecule has 1 heterocycles.